The molecule has 0 amide bonds. The van der Waals surface area contributed by atoms with Crippen molar-refractivity contribution >= 4 is 5.82 Å². The van der Waals surface area contributed by atoms with Crippen LogP contribution in [0.2, 0.25) is 0 Å². The Bertz CT molecular complexity index is 477. The van der Waals surface area contributed by atoms with Gasteiger partial charge in [0.15, 0.2) is 0 Å². The van der Waals surface area contributed by atoms with E-state index in [2.05, 4.69) is 9.97 Å². The van der Waals surface area contributed by atoms with Crippen LogP contribution in [-0.4, -0.2) is 14.5 Å². The van der Waals surface area contributed by atoms with Crippen LogP contribution in [0, 0.1) is 0 Å². The van der Waals surface area contributed by atoms with Gasteiger partial charge >= 0.3 is 0 Å². The van der Waals surface area contributed by atoms with Crippen molar-refractivity contribution in [2.45, 2.75) is 12.5 Å². The molecule has 5 heteroatoms. The average molecular weight is 217 g/mol. The van der Waals surface area contributed by atoms with E-state index >= 15 is 0 Å². The number of pyridine rings is 1. The molecule has 0 spiro atoms. The third-order valence-electron chi connectivity index (χ3n) is 2.60. The fourth-order valence-electron chi connectivity index (χ4n) is 1.69. The van der Waals surface area contributed by atoms with E-state index in [1.807, 2.05) is 23.7 Å². The lowest BCUT2D eigenvalue weighted by Gasteiger charge is -2.13. The molecule has 84 valence electrons. The van der Waals surface area contributed by atoms with Gasteiger partial charge in [0.05, 0.1) is 18.1 Å². The van der Waals surface area contributed by atoms with E-state index in [0.717, 1.165) is 11.3 Å². The van der Waals surface area contributed by atoms with Gasteiger partial charge in [-0.25, -0.2) is 9.97 Å². The third-order valence-corrected chi connectivity index (χ3v) is 2.60. The maximum Gasteiger partial charge on any atom is 0.126 e. The molecule has 4 N–H and O–H groups in total. The van der Waals surface area contributed by atoms with Gasteiger partial charge in [-0.3, -0.25) is 0 Å². The van der Waals surface area contributed by atoms with E-state index in [0.29, 0.717) is 12.2 Å². The van der Waals surface area contributed by atoms with Gasteiger partial charge in [-0.1, -0.05) is 6.07 Å². The molecule has 0 aromatic carbocycles. The molecule has 0 aliphatic carbocycles. The van der Waals surface area contributed by atoms with Crippen LogP contribution >= 0.6 is 0 Å². The standard InChI is InChI=1S/C11H15N5/c1-16-7-14-6-10(16)9(12)5-8-3-2-4-15-11(8)13/h2-4,6-7,9H,5,12H2,1H3,(H2,13,15). The topological polar surface area (TPSA) is 82.8 Å². The quantitative estimate of drug-likeness (QED) is 0.790. The zero-order valence-electron chi connectivity index (χ0n) is 9.17. The summed E-state index contributed by atoms with van der Waals surface area (Å²) in [6.07, 6.45) is 5.85. The van der Waals surface area contributed by atoms with Crippen molar-refractivity contribution in [1.29, 1.82) is 0 Å². The van der Waals surface area contributed by atoms with Crippen molar-refractivity contribution in [3.8, 4) is 0 Å². The van der Waals surface area contributed by atoms with Gasteiger partial charge in [-0.15, -0.1) is 0 Å². The molecule has 2 heterocycles. The van der Waals surface area contributed by atoms with Crippen LogP contribution < -0.4 is 11.5 Å². The Labute approximate surface area is 94.1 Å². The van der Waals surface area contributed by atoms with Crippen molar-refractivity contribution in [3.05, 3.63) is 42.1 Å². The van der Waals surface area contributed by atoms with Crippen molar-refractivity contribution < 1.29 is 0 Å². The molecule has 0 saturated carbocycles. The molecular weight excluding hydrogens is 202 g/mol. The number of nitrogen functional groups attached to an aromatic ring is 1. The first-order valence-corrected chi connectivity index (χ1v) is 5.09. The highest BCUT2D eigenvalue weighted by atomic mass is 15.0. The molecule has 1 atom stereocenters. The summed E-state index contributed by atoms with van der Waals surface area (Å²) in [5.74, 6) is 0.542. The highest BCUT2D eigenvalue weighted by molar-refractivity contribution is 5.39. The summed E-state index contributed by atoms with van der Waals surface area (Å²) in [6, 6.07) is 3.69. The number of aryl methyl sites for hydroxylation is 1. The van der Waals surface area contributed by atoms with Gasteiger partial charge in [0.2, 0.25) is 0 Å². The Morgan fingerprint density at radius 3 is 2.94 bits per heavy atom. The first-order chi connectivity index (χ1) is 7.68. The lowest BCUT2D eigenvalue weighted by atomic mass is 10.1. The normalized spacial score (nSPS) is 12.6. The van der Waals surface area contributed by atoms with E-state index < -0.39 is 0 Å². The van der Waals surface area contributed by atoms with Crippen LogP contribution in [0.1, 0.15) is 17.3 Å². The Morgan fingerprint density at radius 1 is 1.50 bits per heavy atom. The number of anilines is 1. The Morgan fingerprint density at radius 2 is 2.31 bits per heavy atom. The summed E-state index contributed by atoms with van der Waals surface area (Å²) < 4.78 is 1.91. The Balaban J connectivity index is 2.17. The maximum absolute atomic E-state index is 6.10. The summed E-state index contributed by atoms with van der Waals surface area (Å²) in [5, 5.41) is 0. The average Bonchev–Trinajstić information content (AvgIpc) is 2.68. The predicted molar refractivity (Wildman–Crippen MR) is 62.5 cm³/mol. The van der Waals surface area contributed by atoms with Crippen molar-refractivity contribution in [1.82, 2.24) is 14.5 Å². The van der Waals surface area contributed by atoms with Gasteiger partial charge in [-0.2, -0.15) is 0 Å². The third kappa shape index (κ3) is 2.04. The van der Waals surface area contributed by atoms with Gasteiger partial charge in [-0.05, 0) is 18.1 Å². The maximum atomic E-state index is 6.10. The van der Waals surface area contributed by atoms with E-state index in [9.17, 15) is 0 Å². The molecule has 2 aromatic rings. The first kappa shape index (κ1) is 10.6. The minimum absolute atomic E-state index is 0.112. The molecule has 0 aliphatic rings. The van der Waals surface area contributed by atoms with Crippen LogP contribution in [-0.2, 0) is 13.5 Å². The second kappa shape index (κ2) is 4.32. The second-order valence-corrected chi connectivity index (χ2v) is 3.79. The summed E-state index contributed by atoms with van der Waals surface area (Å²) >= 11 is 0. The van der Waals surface area contributed by atoms with Crippen LogP contribution in [0.25, 0.3) is 0 Å². The van der Waals surface area contributed by atoms with Crippen LogP contribution in [0.3, 0.4) is 0 Å². The summed E-state index contributed by atoms with van der Waals surface area (Å²) in [6.45, 7) is 0. The summed E-state index contributed by atoms with van der Waals surface area (Å²) in [7, 11) is 1.93. The number of hydrogen-bond acceptors (Lipinski definition) is 4. The lowest BCUT2D eigenvalue weighted by molar-refractivity contribution is 0.655. The van der Waals surface area contributed by atoms with Crippen molar-refractivity contribution in [2.24, 2.45) is 12.8 Å². The molecule has 0 saturated heterocycles. The van der Waals surface area contributed by atoms with Gasteiger partial charge in [0, 0.05) is 19.4 Å². The summed E-state index contributed by atoms with van der Waals surface area (Å²) in [4.78, 5) is 8.08. The number of hydrogen-bond donors (Lipinski definition) is 2. The lowest BCUT2D eigenvalue weighted by Crippen LogP contribution is -2.17. The van der Waals surface area contributed by atoms with E-state index in [4.69, 9.17) is 11.5 Å². The smallest absolute Gasteiger partial charge is 0.126 e. The molecule has 5 nitrogen and oxygen atoms in total. The van der Waals surface area contributed by atoms with Gasteiger partial charge in [0.1, 0.15) is 5.82 Å². The molecule has 2 aromatic heterocycles. The molecule has 0 fully saturated rings. The van der Waals surface area contributed by atoms with Gasteiger partial charge in [0.25, 0.3) is 0 Å². The Kier molecular flexibility index (Phi) is 2.87. The number of rotatable bonds is 3. The Hall–Kier alpha value is -1.88. The van der Waals surface area contributed by atoms with Crippen LogP contribution in [0.15, 0.2) is 30.9 Å². The molecule has 1 unspecified atom stereocenters. The SMILES string of the molecule is Cn1cncc1C(N)Cc1cccnc1N. The van der Waals surface area contributed by atoms with Crippen molar-refractivity contribution in [2.75, 3.05) is 5.73 Å². The first-order valence-electron chi connectivity index (χ1n) is 5.09. The molecule has 16 heavy (non-hydrogen) atoms. The molecule has 2 rings (SSSR count). The number of aromatic nitrogens is 3. The molecular formula is C11H15N5. The second-order valence-electron chi connectivity index (χ2n) is 3.79. The summed E-state index contributed by atoms with van der Waals surface area (Å²) in [5.41, 5.74) is 13.8. The zero-order chi connectivity index (χ0) is 11.5. The monoisotopic (exact) mass is 217 g/mol. The van der Waals surface area contributed by atoms with E-state index in [-0.39, 0.29) is 6.04 Å². The fraction of sp³-hybridized carbons (Fsp3) is 0.273. The van der Waals surface area contributed by atoms with Gasteiger partial charge < -0.3 is 16.0 Å². The van der Waals surface area contributed by atoms with E-state index in [1.54, 1.807) is 18.7 Å². The zero-order valence-corrected chi connectivity index (χ0v) is 9.17. The van der Waals surface area contributed by atoms with Crippen LogP contribution in [0.5, 0.6) is 0 Å². The minimum Gasteiger partial charge on any atom is -0.383 e. The van der Waals surface area contributed by atoms with Crippen LogP contribution in [0.4, 0.5) is 5.82 Å². The molecule has 0 radical (unpaired) electrons. The predicted octanol–water partition coefficient (Wildman–Crippen LogP) is 0.640. The fourth-order valence-corrected chi connectivity index (χ4v) is 1.69. The number of nitrogens with zero attached hydrogens (tertiary/aromatic N) is 3. The highest BCUT2D eigenvalue weighted by Gasteiger charge is 2.12. The van der Waals surface area contributed by atoms with E-state index in [1.165, 1.54) is 0 Å². The number of nitrogens with two attached hydrogens (primary N) is 2. The molecule has 0 aliphatic heterocycles. The largest absolute Gasteiger partial charge is 0.383 e. The molecule has 0 bridgehead atoms. The highest BCUT2D eigenvalue weighted by Crippen LogP contribution is 2.17. The number of imidazole rings is 1. The van der Waals surface area contributed by atoms with Crippen molar-refractivity contribution in [3.63, 3.8) is 0 Å². The minimum atomic E-state index is -0.112.